The van der Waals surface area contributed by atoms with Gasteiger partial charge in [-0.3, -0.25) is 0 Å². The topological polar surface area (TPSA) is 77.8 Å². The van der Waals surface area contributed by atoms with Gasteiger partial charge < -0.3 is 10.2 Å². The van der Waals surface area contributed by atoms with Crippen molar-refractivity contribution in [2.45, 2.75) is 90.6 Å². The molecule has 2 rings (SSSR count). The third kappa shape index (κ3) is 7.29. The average molecular weight is 506 g/mol. The van der Waals surface area contributed by atoms with Crippen LogP contribution in [-0.4, -0.2) is 48.0 Å². The molecular weight excluding hydrogens is 467 g/mol. The summed E-state index contributed by atoms with van der Waals surface area (Å²) < 4.78 is 70.3. The van der Waals surface area contributed by atoms with E-state index in [4.69, 9.17) is 0 Å². The van der Waals surface area contributed by atoms with Gasteiger partial charge in [-0.05, 0) is 82.6 Å². The van der Waals surface area contributed by atoms with Crippen molar-refractivity contribution in [3.8, 4) is 0 Å². The molecule has 0 aromatic carbocycles. The Balaban J connectivity index is 2.32. The minimum Gasteiger partial charge on any atom is -0.368 e. The Bertz CT molecular complexity index is 920. The minimum absolute atomic E-state index is 0.0833. The highest BCUT2D eigenvalue weighted by atomic mass is 32.2. The smallest absolute Gasteiger partial charge is 0.239 e. The number of hydrogen-bond donors (Lipinski definition) is 2. The summed E-state index contributed by atoms with van der Waals surface area (Å²) in [5.41, 5.74) is 1.06. The van der Waals surface area contributed by atoms with Crippen molar-refractivity contribution >= 4 is 10.0 Å². The molecule has 0 aromatic heterocycles. The zero-order chi connectivity index (χ0) is 25.6. The van der Waals surface area contributed by atoms with E-state index in [9.17, 15) is 31.8 Å². The van der Waals surface area contributed by atoms with Gasteiger partial charge in [-0.2, -0.15) is 4.31 Å². The molecule has 0 radical (unpaired) electrons. The van der Waals surface area contributed by atoms with E-state index < -0.39 is 40.2 Å². The highest BCUT2D eigenvalue weighted by Crippen LogP contribution is 2.42. The van der Waals surface area contributed by atoms with Gasteiger partial charge in [-0.15, -0.1) is 0 Å². The number of hydrogen-bond acceptors (Lipinski definition) is 4. The molecule has 5 nitrogen and oxygen atoms in total. The lowest BCUT2D eigenvalue weighted by Crippen LogP contribution is -2.38. The van der Waals surface area contributed by atoms with Crippen LogP contribution in [0.25, 0.3) is 0 Å². The molecule has 0 bridgehead atoms. The van der Waals surface area contributed by atoms with Crippen LogP contribution in [0.5, 0.6) is 0 Å². The summed E-state index contributed by atoms with van der Waals surface area (Å²) in [5.74, 6) is -1.93. The van der Waals surface area contributed by atoms with E-state index in [-0.39, 0.29) is 49.0 Å². The highest BCUT2D eigenvalue weighted by Gasteiger charge is 2.44. The van der Waals surface area contributed by atoms with Gasteiger partial charge in [0.2, 0.25) is 10.0 Å². The number of allylic oxidation sites excluding steroid dienone is 6. The lowest BCUT2D eigenvalue weighted by Gasteiger charge is -2.30. The molecule has 1 fully saturated rings. The Labute approximate surface area is 201 Å². The Morgan fingerprint density at radius 3 is 2.53 bits per heavy atom. The second-order valence-corrected chi connectivity index (χ2v) is 11.3. The number of aliphatic hydroxyl groups is 2. The molecule has 34 heavy (non-hydrogen) atoms. The van der Waals surface area contributed by atoms with Crippen LogP contribution in [0.15, 0.2) is 46.4 Å². The van der Waals surface area contributed by atoms with E-state index in [0.29, 0.717) is 36.8 Å². The van der Waals surface area contributed by atoms with Crippen molar-refractivity contribution in [2.75, 3.05) is 6.54 Å². The number of alkyl halides is 1. The van der Waals surface area contributed by atoms with Gasteiger partial charge in [0.15, 0.2) is 6.29 Å². The first kappa shape index (κ1) is 28.8. The largest absolute Gasteiger partial charge is 0.368 e. The van der Waals surface area contributed by atoms with Gasteiger partial charge in [0.05, 0.1) is 16.9 Å². The standard InChI is InChI=1S/C25H38F3NO4S/c1-5-22(23(28)13-17(3)27)19-7-6-8-21(14-19)34(32,33)29-15-20(10-12-25(30)31)18(4)24(29)11-9-16(2)26/h8,13,16,19-20,24-25,30-31H,4-7,9-12,14-15H2,1-3H3/b17-13+,23-22-. The first-order valence-corrected chi connectivity index (χ1v) is 13.4. The summed E-state index contributed by atoms with van der Waals surface area (Å²) in [5, 5.41) is 18.5. The fourth-order valence-electron chi connectivity index (χ4n) is 4.98. The first-order chi connectivity index (χ1) is 15.9. The van der Waals surface area contributed by atoms with Crippen molar-refractivity contribution in [1.29, 1.82) is 0 Å². The molecule has 0 amide bonds. The predicted octanol–water partition coefficient (Wildman–Crippen LogP) is 5.59. The van der Waals surface area contributed by atoms with Gasteiger partial charge in [0, 0.05) is 18.7 Å². The molecule has 2 N–H and O–H groups in total. The molecule has 0 spiro atoms. The van der Waals surface area contributed by atoms with Gasteiger partial charge in [0.1, 0.15) is 5.83 Å². The molecule has 1 saturated heterocycles. The van der Waals surface area contributed by atoms with Gasteiger partial charge >= 0.3 is 0 Å². The number of nitrogens with zero attached hydrogens (tertiary/aromatic N) is 1. The van der Waals surface area contributed by atoms with Crippen molar-refractivity contribution in [3.63, 3.8) is 0 Å². The summed E-state index contributed by atoms with van der Waals surface area (Å²) in [6, 6.07) is -0.583. The molecule has 194 valence electrons. The summed E-state index contributed by atoms with van der Waals surface area (Å²) in [7, 11) is -3.93. The van der Waals surface area contributed by atoms with E-state index in [2.05, 4.69) is 6.58 Å². The van der Waals surface area contributed by atoms with Gasteiger partial charge in [0.25, 0.3) is 0 Å². The van der Waals surface area contributed by atoms with Crippen molar-refractivity contribution in [2.24, 2.45) is 11.8 Å². The summed E-state index contributed by atoms with van der Waals surface area (Å²) >= 11 is 0. The monoisotopic (exact) mass is 505 g/mol. The van der Waals surface area contributed by atoms with E-state index in [1.165, 1.54) is 11.2 Å². The SMILES string of the molecule is C=C1C(CCC(O)O)CN(S(=O)(=O)C2=CCCC(/C(CC)=C(F)/C=C(\C)F)C2)C1CCC(C)F. The van der Waals surface area contributed by atoms with Crippen LogP contribution < -0.4 is 0 Å². The first-order valence-electron chi connectivity index (χ1n) is 12.0. The Morgan fingerprint density at radius 1 is 1.29 bits per heavy atom. The van der Waals surface area contributed by atoms with Crippen molar-refractivity contribution in [1.82, 2.24) is 4.31 Å². The van der Waals surface area contributed by atoms with Gasteiger partial charge in [-0.25, -0.2) is 21.6 Å². The average Bonchev–Trinajstić information content (AvgIpc) is 3.07. The van der Waals surface area contributed by atoms with Crippen molar-refractivity contribution < 1.29 is 31.8 Å². The second-order valence-electron chi connectivity index (χ2n) is 9.39. The van der Waals surface area contributed by atoms with Crippen molar-refractivity contribution in [3.05, 3.63) is 46.4 Å². The minimum atomic E-state index is -3.93. The normalized spacial score (nSPS) is 26.6. The Morgan fingerprint density at radius 2 is 1.97 bits per heavy atom. The van der Waals surface area contributed by atoms with E-state index >= 15 is 0 Å². The Kier molecular flexibility index (Phi) is 10.6. The zero-order valence-corrected chi connectivity index (χ0v) is 21.1. The molecule has 1 aliphatic carbocycles. The van der Waals surface area contributed by atoms with Gasteiger partial charge in [-0.1, -0.05) is 25.2 Å². The van der Waals surface area contributed by atoms with Crippen LogP contribution in [0.1, 0.15) is 72.1 Å². The zero-order valence-electron chi connectivity index (χ0n) is 20.3. The fourth-order valence-corrected chi connectivity index (χ4v) is 6.97. The number of halogens is 3. The molecule has 1 aliphatic heterocycles. The molecule has 0 aromatic rings. The molecular formula is C25H38F3NO4S. The van der Waals surface area contributed by atoms with Crippen LogP contribution in [0.3, 0.4) is 0 Å². The van der Waals surface area contributed by atoms with Crippen LogP contribution in [0.4, 0.5) is 13.2 Å². The quantitative estimate of drug-likeness (QED) is 0.218. The van der Waals surface area contributed by atoms with E-state index in [0.717, 1.165) is 13.0 Å². The van der Waals surface area contributed by atoms with Crippen LogP contribution in [0.2, 0.25) is 0 Å². The fraction of sp³-hybridized carbons (Fsp3) is 0.680. The highest BCUT2D eigenvalue weighted by molar-refractivity contribution is 7.93. The third-order valence-electron chi connectivity index (χ3n) is 6.79. The number of sulfonamides is 1. The van der Waals surface area contributed by atoms with Crippen LogP contribution in [-0.2, 0) is 10.0 Å². The number of aliphatic hydroxyl groups excluding tert-OH is 1. The van der Waals surface area contributed by atoms with E-state index in [1.54, 1.807) is 13.0 Å². The number of rotatable bonds is 11. The molecule has 2 aliphatic rings. The predicted molar refractivity (Wildman–Crippen MR) is 128 cm³/mol. The maximum absolute atomic E-state index is 14.6. The van der Waals surface area contributed by atoms with Crippen LogP contribution >= 0.6 is 0 Å². The summed E-state index contributed by atoms with van der Waals surface area (Å²) in [6.45, 7) is 8.56. The maximum atomic E-state index is 14.6. The second kappa shape index (κ2) is 12.5. The molecule has 4 atom stereocenters. The lowest BCUT2D eigenvalue weighted by molar-refractivity contribution is -0.0479. The van der Waals surface area contributed by atoms with E-state index in [1.807, 2.05) is 0 Å². The lowest BCUT2D eigenvalue weighted by atomic mass is 9.85. The van der Waals surface area contributed by atoms with Crippen LogP contribution in [0, 0.1) is 11.8 Å². The molecule has 0 saturated carbocycles. The molecule has 9 heteroatoms. The Hall–Kier alpha value is -1.42. The molecule has 1 heterocycles. The maximum Gasteiger partial charge on any atom is 0.239 e. The molecule has 4 unspecified atom stereocenters. The third-order valence-corrected chi connectivity index (χ3v) is 8.81. The summed E-state index contributed by atoms with van der Waals surface area (Å²) in [4.78, 5) is 0.192. The summed E-state index contributed by atoms with van der Waals surface area (Å²) in [6.07, 6.45) is 2.28.